The Morgan fingerprint density at radius 3 is 2.45 bits per heavy atom. The second-order valence-corrected chi connectivity index (χ2v) is 8.04. The number of rotatable bonds is 3. The molecular formula is C16H14INO3S. The van der Waals surface area contributed by atoms with Crippen molar-refractivity contribution in [2.75, 3.05) is 0 Å². The number of benzene rings is 2. The molecule has 1 aromatic heterocycles. The van der Waals surface area contributed by atoms with Crippen molar-refractivity contribution in [3.05, 3.63) is 63.4 Å². The molecule has 0 aliphatic heterocycles. The standard InChI is InChI=1S/C16H14INO3S/c1-11-5-7-13(8-6-11)22(20,21)18-9-12(10-19)16-14(17)3-2-4-15(16)18/h2-9,19H,10H2,1H3. The minimum absolute atomic E-state index is 0.201. The third-order valence-electron chi connectivity index (χ3n) is 3.57. The molecule has 22 heavy (non-hydrogen) atoms. The van der Waals surface area contributed by atoms with Crippen LogP contribution in [0.15, 0.2) is 53.6 Å². The molecule has 0 atom stereocenters. The molecule has 2 aromatic carbocycles. The predicted octanol–water partition coefficient (Wildman–Crippen LogP) is 3.28. The SMILES string of the molecule is Cc1ccc(S(=O)(=O)n2cc(CO)c3c(I)cccc32)cc1. The van der Waals surface area contributed by atoms with Gasteiger partial charge in [-0.15, -0.1) is 0 Å². The number of aliphatic hydroxyl groups is 1. The number of halogens is 1. The van der Waals surface area contributed by atoms with E-state index in [-0.39, 0.29) is 11.5 Å². The van der Waals surface area contributed by atoms with Gasteiger partial charge in [0.2, 0.25) is 0 Å². The van der Waals surface area contributed by atoms with E-state index in [9.17, 15) is 13.5 Å². The van der Waals surface area contributed by atoms with E-state index in [1.807, 2.05) is 19.1 Å². The lowest BCUT2D eigenvalue weighted by atomic mass is 10.2. The second kappa shape index (κ2) is 5.68. The summed E-state index contributed by atoms with van der Waals surface area (Å²) in [5.74, 6) is 0. The van der Waals surface area contributed by atoms with Gasteiger partial charge in [0.05, 0.1) is 17.0 Å². The van der Waals surface area contributed by atoms with E-state index < -0.39 is 10.0 Å². The average Bonchev–Trinajstić information content (AvgIpc) is 2.88. The van der Waals surface area contributed by atoms with Gasteiger partial charge in [-0.3, -0.25) is 0 Å². The summed E-state index contributed by atoms with van der Waals surface area (Å²) in [6.45, 7) is 1.71. The molecule has 0 saturated carbocycles. The smallest absolute Gasteiger partial charge is 0.268 e. The molecule has 6 heteroatoms. The number of hydrogen-bond acceptors (Lipinski definition) is 3. The first-order chi connectivity index (χ1) is 10.4. The summed E-state index contributed by atoms with van der Waals surface area (Å²) < 4.78 is 27.9. The van der Waals surface area contributed by atoms with Crippen molar-refractivity contribution in [2.24, 2.45) is 0 Å². The van der Waals surface area contributed by atoms with Crippen molar-refractivity contribution >= 4 is 43.5 Å². The Kier molecular flexibility index (Phi) is 4.00. The quantitative estimate of drug-likeness (QED) is 0.653. The van der Waals surface area contributed by atoms with Crippen molar-refractivity contribution in [3.63, 3.8) is 0 Å². The molecule has 0 aliphatic carbocycles. The lowest BCUT2D eigenvalue weighted by Gasteiger charge is -2.08. The molecule has 0 spiro atoms. The Labute approximate surface area is 142 Å². The molecule has 3 aromatic rings. The number of aliphatic hydroxyl groups excluding tert-OH is 1. The highest BCUT2D eigenvalue weighted by Gasteiger charge is 2.21. The van der Waals surface area contributed by atoms with Gasteiger partial charge in [-0.2, -0.15) is 0 Å². The summed E-state index contributed by atoms with van der Waals surface area (Å²) in [4.78, 5) is 0.235. The lowest BCUT2D eigenvalue weighted by Crippen LogP contribution is -2.11. The summed E-state index contributed by atoms with van der Waals surface area (Å²) in [7, 11) is -3.69. The highest BCUT2D eigenvalue weighted by molar-refractivity contribution is 14.1. The number of nitrogens with zero attached hydrogens (tertiary/aromatic N) is 1. The van der Waals surface area contributed by atoms with Gasteiger partial charge in [0.25, 0.3) is 10.0 Å². The minimum atomic E-state index is -3.69. The maximum atomic E-state index is 12.9. The van der Waals surface area contributed by atoms with E-state index in [1.54, 1.807) is 30.3 Å². The molecule has 0 amide bonds. The van der Waals surface area contributed by atoms with Crippen LogP contribution in [0.25, 0.3) is 10.9 Å². The van der Waals surface area contributed by atoms with Gasteiger partial charge in [-0.25, -0.2) is 12.4 Å². The third kappa shape index (κ3) is 2.45. The summed E-state index contributed by atoms with van der Waals surface area (Å²) in [5, 5.41) is 10.3. The summed E-state index contributed by atoms with van der Waals surface area (Å²) in [6, 6.07) is 12.2. The molecule has 1 heterocycles. The minimum Gasteiger partial charge on any atom is -0.392 e. The van der Waals surface area contributed by atoms with Crippen molar-refractivity contribution in [1.29, 1.82) is 0 Å². The van der Waals surface area contributed by atoms with Crippen molar-refractivity contribution in [2.45, 2.75) is 18.4 Å². The first-order valence-electron chi connectivity index (χ1n) is 6.66. The van der Waals surface area contributed by atoms with Crippen LogP contribution >= 0.6 is 22.6 Å². The molecule has 0 unspecified atom stereocenters. The Morgan fingerprint density at radius 2 is 1.82 bits per heavy atom. The van der Waals surface area contributed by atoms with Gasteiger partial charge in [-0.05, 0) is 53.8 Å². The first kappa shape index (κ1) is 15.5. The van der Waals surface area contributed by atoms with Crippen LogP contribution in [0.4, 0.5) is 0 Å². The molecule has 3 rings (SSSR count). The third-order valence-corrected chi connectivity index (χ3v) is 6.16. The zero-order valence-electron chi connectivity index (χ0n) is 11.8. The normalized spacial score (nSPS) is 12.0. The van der Waals surface area contributed by atoms with Gasteiger partial charge in [0.15, 0.2) is 0 Å². The lowest BCUT2D eigenvalue weighted by molar-refractivity contribution is 0.283. The maximum absolute atomic E-state index is 12.9. The molecule has 0 radical (unpaired) electrons. The number of aromatic nitrogens is 1. The van der Waals surface area contributed by atoms with Crippen LogP contribution in [-0.4, -0.2) is 17.5 Å². The van der Waals surface area contributed by atoms with Crippen LogP contribution in [0.3, 0.4) is 0 Å². The maximum Gasteiger partial charge on any atom is 0.268 e. The van der Waals surface area contributed by atoms with Crippen LogP contribution < -0.4 is 0 Å². The zero-order valence-corrected chi connectivity index (χ0v) is 14.8. The van der Waals surface area contributed by atoms with Crippen molar-refractivity contribution < 1.29 is 13.5 Å². The Morgan fingerprint density at radius 1 is 1.14 bits per heavy atom. The van der Waals surface area contributed by atoms with Crippen LogP contribution in [0, 0.1) is 10.5 Å². The predicted molar refractivity (Wildman–Crippen MR) is 94.3 cm³/mol. The Hall–Kier alpha value is -1.38. The van der Waals surface area contributed by atoms with E-state index >= 15 is 0 Å². The second-order valence-electron chi connectivity index (χ2n) is 5.06. The van der Waals surface area contributed by atoms with E-state index in [1.165, 1.54) is 10.2 Å². The fourth-order valence-corrected chi connectivity index (χ4v) is 4.65. The van der Waals surface area contributed by atoms with Crippen LogP contribution in [0.2, 0.25) is 0 Å². The van der Waals surface area contributed by atoms with Gasteiger partial charge < -0.3 is 5.11 Å². The van der Waals surface area contributed by atoms with Crippen LogP contribution in [0.5, 0.6) is 0 Å². The highest BCUT2D eigenvalue weighted by atomic mass is 127. The molecule has 1 N–H and O–H groups in total. The van der Waals surface area contributed by atoms with E-state index in [4.69, 9.17) is 0 Å². The summed E-state index contributed by atoms with van der Waals surface area (Å²) in [6.07, 6.45) is 1.50. The molecule has 0 saturated heterocycles. The Balaban J connectivity index is 2.30. The van der Waals surface area contributed by atoms with E-state index in [0.29, 0.717) is 11.1 Å². The number of aryl methyl sites for hydroxylation is 1. The molecule has 0 aliphatic rings. The largest absolute Gasteiger partial charge is 0.392 e. The molecular weight excluding hydrogens is 413 g/mol. The summed E-state index contributed by atoms with van der Waals surface area (Å²) in [5.41, 5.74) is 2.19. The van der Waals surface area contributed by atoms with Crippen LogP contribution in [0.1, 0.15) is 11.1 Å². The highest BCUT2D eigenvalue weighted by Crippen LogP contribution is 2.29. The zero-order chi connectivity index (χ0) is 15.9. The average molecular weight is 427 g/mol. The van der Waals surface area contributed by atoms with E-state index in [0.717, 1.165) is 14.5 Å². The summed E-state index contributed by atoms with van der Waals surface area (Å²) >= 11 is 2.15. The van der Waals surface area contributed by atoms with Crippen LogP contribution in [-0.2, 0) is 16.6 Å². The molecule has 0 bridgehead atoms. The number of hydrogen-bond donors (Lipinski definition) is 1. The monoisotopic (exact) mass is 427 g/mol. The first-order valence-corrected chi connectivity index (χ1v) is 9.18. The van der Waals surface area contributed by atoms with Gasteiger partial charge in [-0.1, -0.05) is 23.8 Å². The fourth-order valence-electron chi connectivity index (χ4n) is 2.43. The molecule has 0 fully saturated rings. The van der Waals surface area contributed by atoms with Crippen molar-refractivity contribution in [1.82, 2.24) is 3.97 Å². The van der Waals surface area contributed by atoms with E-state index in [2.05, 4.69) is 22.6 Å². The fraction of sp³-hybridized carbons (Fsp3) is 0.125. The van der Waals surface area contributed by atoms with Gasteiger partial charge in [0.1, 0.15) is 0 Å². The van der Waals surface area contributed by atoms with Crippen molar-refractivity contribution in [3.8, 4) is 0 Å². The molecule has 114 valence electrons. The molecule has 4 nitrogen and oxygen atoms in total. The van der Waals surface area contributed by atoms with Gasteiger partial charge in [0, 0.05) is 20.7 Å². The van der Waals surface area contributed by atoms with Gasteiger partial charge >= 0.3 is 0 Å². The Bertz CT molecular complexity index is 943. The number of fused-ring (bicyclic) bond motifs is 1. The topological polar surface area (TPSA) is 59.3 Å².